The van der Waals surface area contributed by atoms with E-state index >= 15 is 0 Å². The third-order valence-electron chi connectivity index (χ3n) is 2.15. The number of hydrogen-bond acceptors (Lipinski definition) is 1. The lowest BCUT2D eigenvalue weighted by atomic mass is 10.2. The summed E-state index contributed by atoms with van der Waals surface area (Å²) < 4.78 is 1.12. The molecule has 0 unspecified atom stereocenters. The fraction of sp³-hybridized carbons (Fsp3) is 0.308. The Labute approximate surface area is 110 Å². The number of nitrogens with zero attached hydrogens (tertiary/aromatic N) is 1. The Kier molecular flexibility index (Phi) is 5.33. The normalized spacial score (nSPS) is 9.56. The molecule has 0 spiro atoms. The number of terminal acetylenes is 1. The topological polar surface area (TPSA) is 20.3 Å². The second-order valence-electron chi connectivity index (χ2n) is 3.44. The molecule has 0 N–H and O–H groups in total. The molecule has 0 aliphatic rings. The molecule has 0 fully saturated rings. The van der Waals surface area contributed by atoms with Gasteiger partial charge in [0.25, 0.3) is 5.91 Å². The number of halogens is 1. The van der Waals surface area contributed by atoms with Crippen LogP contribution in [-0.2, 0) is 0 Å². The van der Waals surface area contributed by atoms with Gasteiger partial charge in [0.05, 0.1) is 6.54 Å². The summed E-state index contributed by atoms with van der Waals surface area (Å²) in [5.41, 5.74) is 0.698. The minimum absolute atomic E-state index is 0.0104. The molecule has 1 rings (SSSR count). The summed E-state index contributed by atoms with van der Waals surface area (Å²) in [6.45, 7) is 3.11. The maximum atomic E-state index is 12.1. The van der Waals surface area contributed by atoms with Crippen LogP contribution in [0.25, 0.3) is 0 Å². The van der Waals surface area contributed by atoms with Crippen molar-refractivity contribution in [3.63, 3.8) is 0 Å². The summed E-state index contributed by atoms with van der Waals surface area (Å²) in [5, 5.41) is 0. The number of amides is 1. The summed E-state index contributed by atoms with van der Waals surface area (Å²) in [4.78, 5) is 13.8. The van der Waals surface area contributed by atoms with Crippen molar-refractivity contribution in [3.05, 3.63) is 33.4 Å². The predicted molar refractivity (Wildman–Crippen MR) is 74.2 cm³/mol. The van der Waals surface area contributed by atoms with Crippen LogP contribution in [0.5, 0.6) is 0 Å². The second-order valence-corrected chi connectivity index (χ2v) is 4.68. The molecule has 0 aromatic heterocycles. The van der Waals surface area contributed by atoms with Gasteiger partial charge in [-0.3, -0.25) is 4.79 Å². The molecule has 0 radical (unpaired) electrons. The Morgan fingerprint density at radius 3 is 2.56 bits per heavy atom. The molecule has 2 nitrogen and oxygen atoms in total. The minimum Gasteiger partial charge on any atom is -0.328 e. The number of hydrogen-bond donors (Lipinski definition) is 0. The summed E-state index contributed by atoms with van der Waals surface area (Å²) in [6, 6.07) is 7.52. The Morgan fingerprint density at radius 2 is 2.06 bits per heavy atom. The van der Waals surface area contributed by atoms with Crippen LogP contribution >= 0.6 is 22.6 Å². The Balaban J connectivity index is 2.82. The van der Waals surface area contributed by atoms with Gasteiger partial charge in [-0.15, -0.1) is 6.42 Å². The van der Waals surface area contributed by atoms with Gasteiger partial charge >= 0.3 is 0 Å². The predicted octanol–water partition coefficient (Wildman–Crippen LogP) is 2.78. The van der Waals surface area contributed by atoms with Gasteiger partial charge in [-0.25, -0.2) is 0 Å². The minimum atomic E-state index is 0.0104. The molecule has 16 heavy (non-hydrogen) atoms. The van der Waals surface area contributed by atoms with Crippen LogP contribution in [0.2, 0.25) is 0 Å². The van der Waals surface area contributed by atoms with E-state index in [1.54, 1.807) is 4.90 Å². The zero-order valence-electron chi connectivity index (χ0n) is 9.24. The fourth-order valence-corrected chi connectivity index (χ4v) is 1.77. The lowest BCUT2D eigenvalue weighted by molar-refractivity contribution is 0.0777. The Bertz CT molecular complexity index is 391. The number of carbonyl (C=O) groups is 1. The largest absolute Gasteiger partial charge is 0.328 e. The third-order valence-corrected chi connectivity index (χ3v) is 2.87. The molecule has 0 atom stereocenters. The van der Waals surface area contributed by atoms with Crippen LogP contribution in [0.4, 0.5) is 0 Å². The smallest absolute Gasteiger partial charge is 0.254 e. The molecule has 0 bridgehead atoms. The van der Waals surface area contributed by atoms with Gasteiger partial charge in [-0.1, -0.05) is 12.8 Å². The van der Waals surface area contributed by atoms with E-state index < -0.39 is 0 Å². The van der Waals surface area contributed by atoms with Gasteiger partial charge in [0.2, 0.25) is 0 Å². The van der Waals surface area contributed by atoms with Crippen LogP contribution < -0.4 is 0 Å². The third kappa shape index (κ3) is 3.53. The van der Waals surface area contributed by atoms with Gasteiger partial charge in [-0.05, 0) is 53.3 Å². The highest BCUT2D eigenvalue weighted by Gasteiger charge is 2.13. The second kappa shape index (κ2) is 6.54. The van der Waals surface area contributed by atoms with Gasteiger partial charge in [-0.2, -0.15) is 0 Å². The first-order valence-electron chi connectivity index (χ1n) is 5.17. The molecule has 0 heterocycles. The van der Waals surface area contributed by atoms with E-state index in [0.717, 1.165) is 9.99 Å². The van der Waals surface area contributed by atoms with Crippen molar-refractivity contribution in [2.45, 2.75) is 13.3 Å². The molecule has 0 saturated heterocycles. The summed E-state index contributed by atoms with van der Waals surface area (Å²) >= 11 is 2.21. The highest BCUT2D eigenvalue weighted by atomic mass is 127. The van der Waals surface area contributed by atoms with E-state index in [4.69, 9.17) is 6.42 Å². The van der Waals surface area contributed by atoms with Gasteiger partial charge in [0.1, 0.15) is 0 Å². The van der Waals surface area contributed by atoms with E-state index in [0.29, 0.717) is 18.7 Å². The summed E-state index contributed by atoms with van der Waals surface area (Å²) in [5.74, 6) is 2.53. The lowest BCUT2D eigenvalue weighted by Gasteiger charge is -2.19. The van der Waals surface area contributed by atoms with E-state index in [1.807, 2.05) is 31.2 Å². The molecule has 1 amide bonds. The summed E-state index contributed by atoms with van der Waals surface area (Å²) in [7, 11) is 0. The van der Waals surface area contributed by atoms with Crippen LogP contribution in [0.1, 0.15) is 23.7 Å². The van der Waals surface area contributed by atoms with E-state index in [2.05, 4.69) is 28.5 Å². The molecular formula is C13H14INO. The van der Waals surface area contributed by atoms with Gasteiger partial charge < -0.3 is 4.90 Å². The average Bonchev–Trinajstić information content (AvgIpc) is 2.29. The molecule has 0 aliphatic carbocycles. The zero-order valence-corrected chi connectivity index (χ0v) is 11.4. The first-order chi connectivity index (χ1) is 7.69. The quantitative estimate of drug-likeness (QED) is 0.615. The summed E-state index contributed by atoms with van der Waals surface area (Å²) in [6.07, 6.45) is 6.17. The molecule has 1 aromatic rings. The van der Waals surface area contributed by atoms with E-state index in [1.165, 1.54) is 0 Å². The van der Waals surface area contributed by atoms with Crippen LogP contribution in [0.3, 0.4) is 0 Å². The number of rotatable bonds is 4. The molecule has 0 aliphatic heterocycles. The standard InChI is InChI=1S/C13H14INO/c1-3-9-15(10-4-2)13(16)11-5-7-12(14)8-6-11/h1,5-8H,4,9-10H2,2H3. The SMILES string of the molecule is C#CCN(CCC)C(=O)c1ccc(I)cc1. The molecule has 3 heteroatoms. The first kappa shape index (κ1) is 13.0. The molecule has 84 valence electrons. The highest BCUT2D eigenvalue weighted by Crippen LogP contribution is 2.09. The highest BCUT2D eigenvalue weighted by molar-refractivity contribution is 14.1. The van der Waals surface area contributed by atoms with Crippen molar-refractivity contribution in [1.82, 2.24) is 4.90 Å². The van der Waals surface area contributed by atoms with Crippen molar-refractivity contribution < 1.29 is 4.79 Å². The first-order valence-corrected chi connectivity index (χ1v) is 6.25. The molecular weight excluding hydrogens is 313 g/mol. The zero-order chi connectivity index (χ0) is 12.0. The van der Waals surface area contributed by atoms with Crippen molar-refractivity contribution in [2.24, 2.45) is 0 Å². The molecule has 0 saturated carbocycles. The average molecular weight is 327 g/mol. The number of benzene rings is 1. The fourth-order valence-electron chi connectivity index (χ4n) is 1.41. The maximum absolute atomic E-state index is 12.1. The van der Waals surface area contributed by atoms with Crippen LogP contribution in [0, 0.1) is 15.9 Å². The lowest BCUT2D eigenvalue weighted by Crippen LogP contribution is -2.32. The van der Waals surface area contributed by atoms with Crippen molar-refractivity contribution in [3.8, 4) is 12.3 Å². The van der Waals surface area contributed by atoms with Crippen molar-refractivity contribution in [2.75, 3.05) is 13.1 Å². The van der Waals surface area contributed by atoms with Gasteiger partial charge in [0.15, 0.2) is 0 Å². The molecule has 1 aromatic carbocycles. The van der Waals surface area contributed by atoms with E-state index in [9.17, 15) is 4.79 Å². The Morgan fingerprint density at radius 1 is 1.44 bits per heavy atom. The van der Waals surface area contributed by atoms with E-state index in [-0.39, 0.29) is 5.91 Å². The van der Waals surface area contributed by atoms with Crippen molar-refractivity contribution >= 4 is 28.5 Å². The maximum Gasteiger partial charge on any atom is 0.254 e. The monoisotopic (exact) mass is 327 g/mol. The number of carbonyl (C=O) groups excluding carboxylic acids is 1. The Hall–Kier alpha value is -1.02. The van der Waals surface area contributed by atoms with Crippen LogP contribution in [-0.4, -0.2) is 23.9 Å². The van der Waals surface area contributed by atoms with Gasteiger partial charge in [0, 0.05) is 15.7 Å². The van der Waals surface area contributed by atoms with Crippen molar-refractivity contribution in [1.29, 1.82) is 0 Å². The van der Waals surface area contributed by atoms with Crippen LogP contribution in [0.15, 0.2) is 24.3 Å².